The molecule has 0 aliphatic rings. The van der Waals surface area contributed by atoms with Crippen molar-refractivity contribution in [3.05, 3.63) is 51.8 Å². The molecule has 0 aliphatic heterocycles. The molecule has 3 nitrogen and oxygen atoms in total. The molecule has 2 rings (SSSR count). The summed E-state index contributed by atoms with van der Waals surface area (Å²) in [5.41, 5.74) is 1.45. The molecule has 1 heterocycles. The van der Waals surface area contributed by atoms with Crippen LogP contribution in [0.3, 0.4) is 0 Å². The number of hydrogen-bond donors (Lipinski definition) is 1. The first-order chi connectivity index (χ1) is 9.17. The number of hydrogen-bond acceptors (Lipinski definition) is 4. The molecule has 0 amide bonds. The Morgan fingerprint density at radius 3 is 2.68 bits per heavy atom. The van der Waals surface area contributed by atoms with Crippen molar-refractivity contribution < 1.29 is 5.11 Å². The van der Waals surface area contributed by atoms with E-state index < -0.39 is 0 Å². The van der Waals surface area contributed by atoms with Crippen LogP contribution in [-0.4, -0.2) is 15.4 Å². The molecule has 1 aromatic carbocycles. The van der Waals surface area contributed by atoms with Crippen molar-refractivity contribution in [1.29, 1.82) is 0 Å². The minimum atomic E-state index is 0.159. The number of aromatic hydroxyl groups is 1. The lowest BCUT2D eigenvalue weighted by Crippen LogP contribution is -1.97. The largest absolute Gasteiger partial charge is 0.493 e. The Labute approximate surface area is 121 Å². The molecule has 5 heteroatoms. The molecular weight excluding hydrogens is 276 g/mol. The van der Waals surface area contributed by atoms with Gasteiger partial charge in [0.15, 0.2) is 3.95 Å². The van der Waals surface area contributed by atoms with E-state index >= 15 is 0 Å². The van der Waals surface area contributed by atoms with Crippen molar-refractivity contribution in [3.63, 3.8) is 0 Å². The standard InChI is InChI=1S/C14H14N2OS2/c1-3-11(15-10-8-6-5-7-9-10)12-13(17)16(4-2)14(18)19-12/h3,5-9,17H,1,4H2,2H3. The van der Waals surface area contributed by atoms with Gasteiger partial charge >= 0.3 is 0 Å². The first kappa shape index (κ1) is 13.7. The summed E-state index contributed by atoms with van der Waals surface area (Å²) in [6, 6.07) is 9.56. The first-order valence-electron chi connectivity index (χ1n) is 5.86. The Hall–Kier alpha value is -1.72. The van der Waals surface area contributed by atoms with E-state index in [2.05, 4.69) is 11.6 Å². The van der Waals surface area contributed by atoms with Gasteiger partial charge in [0, 0.05) is 6.54 Å². The van der Waals surface area contributed by atoms with Gasteiger partial charge in [0.25, 0.3) is 0 Å². The molecule has 19 heavy (non-hydrogen) atoms. The highest BCUT2D eigenvalue weighted by Gasteiger charge is 2.14. The Kier molecular flexibility index (Phi) is 4.29. The molecule has 0 aliphatic carbocycles. The number of aliphatic imine (C=N–C) groups is 1. The van der Waals surface area contributed by atoms with Crippen LogP contribution in [-0.2, 0) is 6.54 Å². The van der Waals surface area contributed by atoms with Crippen molar-refractivity contribution in [2.45, 2.75) is 13.5 Å². The lowest BCUT2D eigenvalue weighted by Gasteiger charge is -2.02. The van der Waals surface area contributed by atoms with Crippen molar-refractivity contribution >= 4 is 35.0 Å². The second kappa shape index (κ2) is 5.95. The van der Waals surface area contributed by atoms with Gasteiger partial charge in [0.05, 0.1) is 11.4 Å². The molecule has 0 atom stereocenters. The van der Waals surface area contributed by atoms with Crippen LogP contribution in [0.1, 0.15) is 11.8 Å². The molecule has 0 fully saturated rings. The van der Waals surface area contributed by atoms with Crippen LogP contribution in [0.5, 0.6) is 5.88 Å². The summed E-state index contributed by atoms with van der Waals surface area (Å²) in [4.78, 5) is 5.14. The zero-order valence-corrected chi connectivity index (χ0v) is 12.2. The highest BCUT2D eigenvalue weighted by Crippen LogP contribution is 2.28. The van der Waals surface area contributed by atoms with Gasteiger partial charge in [-0.05, 0) is 37.4 Å². The van der Waals surface area contributed by atoms with Crippen LogP contribution in [0.4, 0.5) is 5.69 Å². The molecule has 0 bridgehead atoms. The van der Waals surface area contributed by atoms with Crippen molar-refractivity contribution in [1.82, 2.24) is 4.57 Å². The smallest absolute Gasteiger partial charge is 0.212 e. The average Bonchev–Trinajstić information content (AvgIpc) is 2.72. The second-order valence-electron chi connectivity index (χ2n) is 3.80. The summed E-state index contributed by atoms with van der Waals surface area (Å²) in [6.07, 6.45) is 1.63. The van der Waals surface area contributed by atoms with E-state index in [1.165, 1.54) is 11.3 Å². The third kappa shape index (κ3) is 2.83. The van der Waals surface area contributed by atoms with Gasteiger partial charge in [-0.2, -0.15) is 0 Å². The van der Waals surface area contributed by atoms with Crippen LogP contribution in [0, 0.1) is 3.95 Å². The molecule has 0 saturated heterocycles. The molecule has 0 radical (unpaired) electrons. The lowest BCUT2D eigenvalue weighted by molar-refractivity contribution is 0.419. The number of benzene rings is 1. The third-order valence-corrected chi connectivity index (χ3v) is 4.08. The Balaban J connectivity index is 2.52. The Morgan fingerprint density at radius 1 is 1.47 bits per heavy atom. The number of rotatable bonds is 4. The number of thiazole rings is 1. The average molecular weight is 290 g/mol. The summed E-state index contributed by atoms with van der Waals surface area (Å²) in [7, 11) is 0. The number of aromatic nitrogens is 1. The quantitative estimate of drug-likeness (QED) is 0.673. The van der Waals surface area contributed by atoms with Crippen LogP contribution in [0.15, 0.2) is 48.0 Å². The summed E-state index contributed by atoms with van der Waals surface area (Å²) in [5, 5.41) is 10.2. The first-order valence-corrected chi connectivity index (χ1v) is 7.09. The normalized spacial score (nSPS) is 11.5. The number of nitrogens with zero attached hydrogens (tertiary/aromatic N) is 2. The van der Waals surface area contributed by atoms with Gasteiger partial charge in [-0.1, -0.05) is 36.1 Å². The molecule has 0 unspecified atom stereocenters. The fourth-order valence-electron chi connectivity index (χ4n) is 1.67. The van der Waals surface area contributed by atoms with Gasteiger partial charge < -0.3 is 5.11 Å². The fourth-order valence-corrected chi connectivity index (χ4v) is 3.07. The van der Waals surface area contributed by atoms with Crippen LogP contribution in [0.2, 0.25) is 0 Å². The maximum Gasteiger partial charge on any atom is 0.212 e. The summed E-state index contributed by atoms with van der Waals surface area (Å²) < 4.78 is 2.32. The van der Waals surface area contributed by atoms with Gasteiger partial charge in [-0.3, -0.25) is 4.57 Å². The maximum absolute atomic E-state index is 10.2. The number of para-hydroxylation sites is 1. The molecule has 1 N–H and O–H groups in total. The topological polar surface area (TPSA) is 37.5 Å². The molecule has 0 spiro atoms. The van der Waals surface area contributed by atoms with Gasteiger partial charge in [0.2, 0.25) is 5.88 Å². The predicted molar refractivity (Wildman–Crippen MR) is 83.3 cm³/mol. The fraction of sp³-hybridized carbons (Fsp3) is 0.143. The SMILES string of the molecule is C=CC(=Nc1ccccc1)c1sc(=S)n(CC)c1O. The summed E-state index contributed by atoms with van der Waals surface area (Å²) in [6.45, 7) is 6.34. The van der Waals surface area contributed by atoms with Gasteiger partial charge in [0.1, 0.15) is 4.88 Å². The Morgan fingerprint density at radius 2 is 2.16 bits per heavy atom. The van der Waals surface area contributed by atoms with Crippen LogP contribution < -0.4 is 0 Å². The van der Waals surface area contributed by atoms with E-state index in [1.54, 1.807) is 10.6 Å². The third-order valence-electron chi connectivity index (χ3n) is 2.62. The molecule has 2 aromatic rings. The van der Waals surface area contributed by atoms with Crippen molar-refractivity contribution in [3.8, 4) is 5.88 Å². The second-order valence-corrected chi connectivity index (χ2v) is 5.45. The molecular formula is C14H14N2OS2. The van der Waals surface area contributed by atoms with Crippen LogP contribution in [0.25, 0.3) is 0 Å². The van der Waals surface area contributed by atoms with E-state index in [-0.39, 0.29) is 5.88 Å². The van der Waals surface area contributed by atoms with Crippen LogP contribution >= 0.6 is 23.6 Å². The predicted octanol–water partition coefficient (Wildman–Crippen LogP) is 4.31. The summed E-state index contributed by atoms with van der Waals surface area (Å²) >= 11 is 6.57. The highest BCUT2D eigenvalue weighted by atomic mass is 32.1. The van der Waals surface area contributed by atoms with Gasteiger partial charge in [-0.15, -0.1) is 0 Å². The zero-order chi connectivity index (χ0) is 13.8. The van der Waals surface area contributed by atoms with Crippen molar-refractivity contribution in [2.75, 3.05) is 0 Å². The molecule has 98 valence electrons. The van der Waals surface area contributed by atoms with E-state index in [1.807, 2.05) is 37.3 Å². The van der Waals surface area contributed by atoms with E-state index in [0.29, 0.717) is 21.1 Å². The molecule has 0 saturated carbocycles. The van der Waals surface area contributed by atoms with Gasteiger partial charge in [-0.25, -0.2) is 4.99 Å². The Bertz CT molecular complexity index is 668. The zero-order valence-electron chi connectivity index (χ0n) is 10.5. The summed E-state index contributed by atoms with van der Waals surface area (Å²) in [5.74, 6) is 0.159. The van der Waals surface area contributed by atoms with E-state index in [4.69, 9.17) is 12.2 Å². The highest BCUT2D eigenvalue weighted by molar-refractivity contribution is 7.73. The molecule has 1 aromatic heterocycles. The number of allylic oxidation sites excluding steroid dienone is 1. The minimum absolute atomic E-state index is 0.159. The maximum atomic E-state index is 10.2. The monoisotopic (exact) mass is 290 g/mol. The van der Waals surface area contributed by atoms with E-state index in [9.17, 15) is 5.11 Å². The van der Waals surface area contributed by atoms with Crippen molar-refractivity contribution in [2.24, 2.45) is 4.99 Å². The minimum Gasteiger partial charge on any atom is -0.493 e. The van der Waals surface area contributed by atoms with E-state index in [0.717, 1.165) is 5.69 Å². The lowest BCUT2D eigenvalue weighted by atomic mass is 10.3.